The number of nitrogens with one attached hydrogen (secondary N) is 1. The van der Waals surface area contributed by atoms with Gasteiger partial charge in [0.15, 0.2) is 15.6 Å². The van der Waals surface area contributed by atoms with Crippen LogP contribution in [-0.2, 0) is 16.3 Å². The molecule has 0 atom stereocenters. The van der Waals surface area contributed by atoms with Gasteiger partial charge in [0.1, 0.15) is 5.75 Å². The molecule has 188 valence electrons. The van der Waals surface area contributed by atoms with E-state index in [9.17, 15) is 13.2 Å². The van der Waals surface area contributed by atoms with Crippen LogP contribution in [0.3, 0.4) is 0 Å². The number of aromatic nitrogens is 2. The number of sulfone groups is 1. The molecular formula is C28H23ClN2O4S2. The molecule has 0 spiro atoms. The largest absolute Gasteiger partial charge is 0.496 e. The Morgan fingerprint density at radius 3 is 2.41 bits per heavy atom. The summed E-state index contributed by atoms with van der Waals surface area (Å²) in [6.07, 6.45) is 1.71. The average Bonchev–Trinajstić information content (AvgIpc) is 3.47. The van der Waals surface area contributed by atoms with Gasteiger partial charge >= 0.3 is 0 Å². The maximum absolute atomic E-state index is 13.7. The van der Waals surface area contributed by atoms with Crippen LogP contribution < -0.4 is 4.74 Å². The first kappa shape index (κ1) is 25.2. The summed E-state index contributed by atoms with van der Waals surface area (Å²) in [5, 5.41) is 4.20. The third-order valence-electron chi connectivity index (χ3n) is 6.26. The molecule has 5 aromatic rings. The molecule has 5 rings (SSSR count). The van der Waals surface area contributed by atoms with Gasteiger partial charge in [-0.2, -0.15) is 0 Å². The summed E-state index contributed by atoms with van der Waals surface area (Å²) < 4.78 is 29.2. The highest BCUT2D eigenvalue weighted by Crippen LogP contribution is 2.36. The molecule has 1 N–H and O–H groups in total. The molecule has 0 saturated carbocycles. The molecule has 3 aromatic carbocycles. The Morgan fingerprint density at radius 2 is 1.76 bits per heavy atom. The summed E-state index contributed by atoms with van der Waals surface area (Å²) >= 11 is 7.55. The number of ketones is 1. The van der Waals surface area contributed by atoms with Crippen molar-refractivity contribution in [3.05, 3.63) is 98.5 Å². The zero-order valence-corrected chi connectivity index (χ0v) is 22.7. The SMILES string of the molecule is COc1ccc2[nH]c(C)c(Cc3nc(-c4ccc(S(C)(=O)=O)cc4)cs3)c2c1C(=O)c1ccc(Cl)cc1. The van der Waals surface area contributed by atoms with Crippen molar-refractivity contribution in [2.45, 2.75) is 18.2 Å². The molecule has 0 aliphatic carbocycles. The Morgan fingerprint density at radius 1 is 1.05 bits per heavy atom. The van der Waals surface area contributed by atoms with Crippen molar-refractivity contribution < 1.29 is 17.9 Å². The first-order chi connectivity index (χ1) is 17.7. The van der Waals surface area contributed by atoms with Crippen LogP contribution >= 0.6 is 22.9 Å². The van der Waals surface area contributed by atoms with Crippen LogP contribution in [0, 0.1) is 6.92 Å². The molecule has 2 aromatic heterocycles. The second-order valence-electron chi connectivity index (χ2n) is 8.73. The van der Waals surface area contributed by atoms with Crippen LogP contribution in [0.5, 0.6) is 5.75 Å². The van der Waals surface area contributed by atoms with Crippen LogP contribution in [0.1, 0.15) is 32.2 Å². The number of hydrogen-bond acceptors (Lipinski definition) is 6. The van der Waals surface area contributed by atoms with Gasteiger partial charge < -0.3 is 9.72 Å². The van der Waals surface area contributed by atoms with Crippen molar-refractivity contribution in [2.24, 2.45) is 0 Å². The third-order valence-corrected chi connectivity index (χ3v) is 8.48. The van der Waals surface area contributed by atoms with Gasteiger partial charge in [0.05, 0.1) is 28.3 Å². The Hall–Kier alpha value is -3.46. The number of thiazole rings is 1. The van der Waals surface area contributed by atoms with Crippen LogP contribution in [0.4, 0.5) is 0 Å². The normalized spacial score (nSPS) is 11.7. The lowest BCUT2D eigenvalue weighted by atomic mass is 9.95. The lowest BCUT2D eigenvalue weighted by molar-refractivity contribution is 0.103. The highest BCUT2D eigenvalue weighted by atomic mass is 35.5. The number of ether oxygens (including phenoxy) is 1. The highest BCUT2D eigenvalue weighted by molar-refractivity contribution is 7.90. The Labute approximate surface area is 223 Å². The summed E-state index contributed by atoms with van der Waals surface area (Å²) in [6.45, 7) is 1.98. The van der Waals surface area contributed by atoms with E-state index in [-0.39, 0.29) is 10.7 Å². The fourth-order valence-electron chi connectivity index (χ4n) is 4.38. The number of aromatic amines is 1. The van der Waals surface area contributed by atoms with Gasteiger partial charge in [0, 0.05) is 50.8 Å². The van der Waals surface area contributed by atoms with Gasteiger partial charge in [-0.25, -0.2) is 13.4 Å². The van der Waals surface area contributed by atoms with E-state index >= 15 is 0 Å². The number of aryl methyl sites for hydroxylation is 1. The van der Waals surface area contributed by atoms with E-state index in [1.165, 1.54) is 17.6 Å². The van der Waals surface area contributed by atoms with Crippen molar-refractivity contribution in [3.8, 4) is 17.0 Å². The number of carbonyl (C=O) groups excluding carboxylic acids is 1. The number of carbonyl (C=O) groups is 1. The van der Waals surface area contributed by atoms with E-state index in [1.807, 2.05) is 18.4 Å². The van der Waals surface area contributed by atoms with Crippen molar-refractivity contribution in [1.29, 1.82) is 0 Å². The minimum Gasteiger partial charge on any atom is -0.496 e. The molecular weight excluding hydrogens is 528 g/mol. The number of rotatable bonds is 7. The molecule has 0 saturated heterocycles. The second kappa shape index (κ2) is 9.78. The van der Waals surface area contributed by atoms with Crippen molar-refractivity contribution >= 4 is 49.5 Å². The Kier molecular flexibility index (Phi) is 6.66. The number of nitrogens with zero attached hydrogens (tertiary/aromatic N) is 1. The fraction of sp³-hybridized carbons (Fsp3) is 0.143. The molecule has 37 heavy (non-hydrogen) atoms. The third kappa shape index (κ3) is 4.92. The molecule has 0 aliphatic heterocycles. The van der Waals surface area contributed by atoms with Gasteiger partial charge in [-0.15, -0.1) is 11.3 Å². The lowest BCUT2D eigenvalue weighted by Crippen LogP contribution is -2.06. The monoisotopic (exact) mass is 550 g/mol. The number of methoxy groups -OCH3 is 1. The average molecular weight is 551 g/mol. The molecule has 0 fully saturated rings. The Bertz CT molecular complexity index is 1740. The van der Waals surface area contributed by atoms with E-state index < -0.39 is 9.84 Å². The predicted molar refractivity (Wildman–Crippen MR) is 148 cm³/mol. The van der Waals surface area contributed by atoms with E-state index in [4.69, 9.17) is 21.3 Å². The standard InChI is InChI=1S/C28H23ClN2O4S2/c1-16-21(14-25-31-23(15-36-25)17-6-10-20(11-7-17)37(3,33)34)26-22(30-16)12-13-24(35-2)27(26)28(32)18-4-8-19(29)9-5-18/h4-13,15,30H,14H2,1-3H3. The molecule has 0 aliphatic rings. The second-order valence-corrected chi connectivity index (χ2v) is 12.1. The minimum atomic E-state index is -3.26. The van der Waals surface area contributed by atoms with Crippen LogP contribution in [0.15, 0.2) is 70.9 Å². The van der Waals surface area contributed by atoms with Crippen molar-refractivity contribution in [2.75, 3.05) is 13.4 Å². The fourth-order valence-corrected chi connectivity index (χ4v) is 5.95. The number of benzene rings is 3. The zero-order valence-electron chi connectivity index (χ0n) is 20.3. The molecule has 0 radical (unpaired) electrons. The molecule has 9 heteroatoms. The van der Waals surface area contributed by atoms with E-state index in [0.717, 1.165) is 38.4 Å². The summed E-state index contributed by atoms with van der Waals surface area (Å²) in [6, 6.07) is 17.2. The van der Waals surface area contributed by atoms with Crippen LogP contribution in [0.2, 0.25) is 5.02 Å². The smallest absolute Gasteiger partial charge is 0.197 e. The van der Waals surface area contributed by atoms with Gasteiger partial charge in [-0.3, -0.25) is 4.79 Å². The lowest BCUT2D eigenvalue weighted by Gasteiger charge is -2.11. The molecule has 0 bridgehead atoms. The summed E-state index contributed by atoms with van der Waals surface area (Å²) in [5.41, 5.74) is 5.39. The van der Waals surface area contributed by atoms with Crippen molar-refractivity contribution in [3.63, 3.8) is 0 Å². The molecule has 0 amide bonds. The number of H-pyrrole nitrogens is 1. The maximum Gasteiger partial charge on any atom is 0.197 e. The van der Waals surface area contributed by atoms with Gasteiger partial charge in [-0.05, 0) is 61.0 Å². The van der Waals surface area contributed by atoms with Crippen LogP contribution in [0.25, 0.3) is 22.2 Å². The van der Waals surface area contributed by atoms with E-state index in [2.05, 4.69) is 4.98 Å². The van der Waals surface area contributed by atoms with Gasteiger partial charge in [0.25, 0.3) is 0 Å². The number of halogens is 1. The number of hydrogen-bond donors (Lipinski definition) is 1. The molecule has 6 nitrogen and oxygen atoms in total. The topological polar surface area (TPSA) is 89.1 Å². The minimum absolute atomic E-state index is 0.148. The molecule has 0 unspecified atom stereocenters. The van der Waals surface area contributed by atoms with Crippen molar-refractivity contribution in [1.82, 2.24) is 9.97 Å². The van der Waals surface area contributed by atoms with Crippen LogP contribution in [-0.4, -0.2) is 37.5 Å². The summed E-state index contributed by atoms with van der Waals surface area (Å²) in [7, 11) is -1.70. The van der Waals surface area contributed by atoms with Gasteiger partial charge in [-0.1, -0.05) is 23.7 Å². The summed E-state index contributed by atoms with van der Waals surface area (Å²) in [5.74, 6) is 0.351. The van der Waals surface area contributed by atoms with E-state index in [0.29, 0.717) is 28.3 Å². The van der Waals surface area contributed by atoms with E-state index in [1.54, 1.807) is 61.7 Å². The Balaban J connectivity index is 1.55. The maximum atomic E-state index is 13.7. The van der Waals surface area contributed by atoms with Gasteiger partial charge in [0.2, 0.25) is 0 Å². The quantitative estimate of drug-likeness (QED) is 0.234. The molecule has 2 heterocycles. The summed E-state index contributed by atoms with van der Waals surface area (Å²) in [4.78, 5) is 22.1. The first-order valence-corrected chi connectivity index (χ1v) is 14.5. The number of fused-ring (bicyclic) bond motifs is 1. The zero-order chi connectivity index (χ0) is 26.3. The highest BCUT2D eigenvalue weighted by Gasteiger charge is 2.23. The first-order valence-electron chi connectivity index (χ1n) is 11.4. The predicted octanol–water partition coefficient (Wildman–Crippen LogP) is 6.49.